The van der Waals surface area contributed by atoms with Crippen LogP contribution in [0, 0.1) is 11.7 Å². The highest BCUT2D eigenvalue weighted by molar-refractivity contribution is 5.95. The first-order chi connectivity index (χ1) is 12.2. The Balaban J connectivity index is 1.56. The first kappa shape index (κ1) is 16.3. The molecule has 1 saturated heterocycles. The fourth-order valence-corrected chi connectivity index (χ4v) is 3.99. The summed E-state index contributed by atoms with van der Waals surface area (Å²) in [6, 6.07) is 7.05. The van der Waals surface area contributed by atoms with Gasteiger partial charge in [0.05, 0.1) is 0 Å². The second-order valence-electron chi connectivity index (χ2n) is 7.22. The minimum Gasteiger partial charge on any atom is -0.357 e. The van der Waals surface area contributed by atoms with Crippen molar-refractivity contribution < 1.29 is 9.18 Å². The molecule has 4 nitrogen and oxygen atoms in total. The molecule has 1 aliphatic heterocycles. The van der Waals surface area contributed by atoms with Crippen molar-refractivity contribution in [3.8, 4) is 0 Å². The lowest BCUT2D eigenvalue weighted by Crippen LogP contribution is -2.24. The maximum absolute atomic E-state index is 14.6. The molecule has 0 spiro atoms. The third-order valence-electron chi connectivity index (χ3n) is 5.40. The van der Waals surface area contributed by atoms with E-state index in [1.807, 2.05) is 18.2 Å². The van der Waals surface area contributed by atoms with Gasteiger partial charge in [0.2, 0.25) is 5.91 Å². The van der Waals surface area contributed by atoms with Gasteiger partial charge in [0.1, 0.15) is 11.3 Å². The molecule has 2 fully saturated rings. The van der Waals surface area contributed by atoms with Gasteiger partial charge in [-0.3, -0.25) is 4.79 Å². The number of rotatable bonds is 3. The lowest BCUT2D eigenvalue weighted by Gasteiger charge is -2.21. The van der Waals surface area contributed by atoms with Crippen LogP contribution in [0.3, 0.4) is 0 Å². The lowest BCUT2D eigenvalue weighted by molar-refractivity contribution is -0.120. The Hall–Kier alpha value is -2.17. The van der Waals surface area contributed by atoms with Crippen LogP contribution >= 0.6 is 0 Å². The molecule has 4 rings (SSSR count). The Morgan fingerprint density at radius 3 is 2.60 bits per heavy atom. The van der Waals surface area contributed by atoms with Crippen molar-refractivity contribution in [2.75, 3.05) is 23.3 Å². The quantitative estimate of drug-likeness (QED) is 0.894. The summed E-state index contributed by atoms with van der Waals surface area (Å²) in [5, 5.41) is 3.62. The molecule has 0 atom stereocenters. The Labute approximate surface area is 147 Å². The van der Waals surface area contributed by atoms with E-state index in [1.54, 1.807) is 0 Å². The van der Waals surface area contributed by atoms with E-state index in [4.69, 9.17) is 0 Å². The number of anilines is 2. The van der Waals surface area contributed by atoms with Crippen LogP contribution in [0.15, 0.2) is 24.3 Å². The van der Waals surface area contributed by atoms with Crippen LogP contribution in [-0.4, -0.2) is 24.0 Å². The molecule has 0 radical (unpaired) electrons. The van der Waals surface area contributed by atoms with Crippen molar-refractivity contribution in [2.45, 2.75) is 44.9 Å². The van der Waals surface area contributed by atoms with E-state index in [2.05, 4.69) is 15.2 Å². The van der Waals surface area contributed by atoms with E-state index in [9.17, 15) is 9.18 Å². The van der Waals surface area contributed by atoms with Crippen molar-refractivity contribution in [1.29, 1.82) is 0 Å². The third-order valence-corrected chi connectivity index (χ3v) is 5.40. The number of hydrogen-bond acceptors (Lipinski definition) is 3. The maximum Gasteiger partial charge on any atom is 0.227 e. The molecule has 1 aromatic carbocycles. The molecule has 0 bridgehead atoms. The second kappa shape index (κ2) is 6.98. The second-order valence-corrected chi connectivity index (χ2v) is 7.22. The molecule has 25 heavy (non-hydrogen) atoms. The molecule has 1 aromatic heterocycles. The minimum atomic E-state index is -0.377. The topological polar surface area (TPSA) is 45.2 Å². The van der Waals surface area contributed by atoms with Crippen molar-refractivity contribution in [3.05, 3.63) is 30.1 Å². The largest absolute Gasteiger partial charge is 0.357 e. The van der Waals surface area contributed by atoms with Crippen LogP contribution in [0.5, 0.6) is 0 Å². The van der Waals surface area contributed by atoms with E-state index in [1.165, 1.54) is 12.5 Å². The van der Waals surface area contributed by atoms with Gasteiger partial charge in [-0.2, -0.15) is 0 Å². The summed E-state index contributed by atoms with van der Waals surface area (Å²) in [7, 11) is 0. The average molecular weight is 341 g/mol. The molecule has 1 amide bonds. The van der Waals surface area contributed by atoms with Gasteiger partial charge >= 0.3 is 0 Å². The van der Waals surface area contributed by atoms with E-state index < -0.39 is 0 Å². The van der Waals surface area contributed by atoms with Gasteiger partial charge in [0.15, 0.2) is 5.82 Å². The number of carbonyl (C=O) groups is 1. The standard InChI is InChI=1S/C20H24FN3O/c21-17-13-16(22-20(25)14-6-2-1-3-7-14)12-15-8-9-18(23-19(15)17)24-10-4-5-11-24/h8-9,12-14H,1-7,10-11H2,(H,22,25). The van der Waals surface area contributed by atoms with E-state index in [-0.39, 0.29) is 17.6 Å². The van der Waals surface area contributed by atoms with Crippen LogP contribution in [-0.2, 0) is 4.79 Å². The number of amides is 1. The fourth-order valence-electron chi connectivity index (χ4n) is 3.99. The number of nitrogens with one attached hydrogen (secondary N) is 1. The minimum absolute atomic E-state index is 0.0140. The van der Waals surface area contributed by atoms with Crippen LogP contribution in [0.25, 0.3) is 10.9 Å². The normalized spacial score (nSPS) is 18.7. The Morgan fingerprint density at radius 2 is 1.84 bits per heavy atom. The highest BCUT2D eigenvalue weighted by Crippen LogP contribution is 2.28. The number of aromatic nitrogens is 1. The highest BCUT2D eigenvalue weighted by Gasteiger charge is 2.21. The molecule has 1 saturated carbocycles. The summed E-state index contributed by atoms with van der Waals surface area (Å²) >= 11 is 0. The molecular weight excluding hydrogens is 317 g/mol. The monoisotopic (exact) mass is 341 g/mol. The molecule has 2 aromatic rings. The van der Waals surface area contributed by atoms with Crippen LogP contribution in [0.1, 0.15) is 44.9 Å². The maximum atomic E-state index is 14.6. The van der Waals surface area contributed by atoms with Gasteiger partial charge in [0, 0.05) is 30.1 Å². The molecule has 5 heteroatoms. The van der Waals surface area contributed by atoms with Crippen molar-refractivity contribution in [3.63, 3.8) is 0 Å². The van der Waals surface area contributed by atoms with Gasteiger partial charge < -0.3 is 10.2 Å². The number of pyridine rings is 1. The summed E-state index contributed by atoms with van der Waals surface area (Å²) in [4.78, 5) is 19.1. The van der Waals surface area contributed by atoms with E-state index in [0.717, 1.165) is 62.8 Å². The number of fused-ring (bicyclic) bond motifs is 1. The molecule has 2 heterocycles. The smallest absolute Gasteiger partial charge is 0.227 e. The Kier molecular flexibility index (Phi) is 4.55. The van der Waals surface area contributed by atoms with Gasteiger partial charge in [-0.15, -0.1) is 0 Å². The van der Waals surface area contributed by atoms with Gasteiger partial charge in [0.25, 0.3) is 0 Å². The van der Waals surface area contributed by atoms with Gasteiger partial charge in [-0.05, 0) is 49.9 Å². The Morgan fingerprint density at radius 1 is 1.08 bits per heavy atom. The van der Waals surface area contributed by atoms with Crippen molar-refractivity contribution in [2.24, 2.45) is 5.92 Å². The summed E-state index contributed by atoms with van der Waals surface area (Å²) in [5.74, 6) is 0.531. The predicted octanol–water partition coefficient (Wildman–Crippen LogP) is 4.49. The van der Waals surface area contributed by atoms with Gasteiger partial charge in [-0.25, -0.2) is 9.37 Å². The zero-order chi connectivity index (χ0) is 17.2. The number of carbonyl (C=O) groups excluding carboxylic acids is 1. The number of benzene rings is 1. The molecule has 1 N–H and O–H groups in total. The molecular formula is C20H24FN3O. The fraction of sp³-hybridized carbons (Fsp3) is 0.500. The van der Waals surface area contributed by atoms with E-state index >= 15 is 0 Å². The van der Waals surface area contributed by atoms with Gasteiger partial charge in [-0.1, -0.05) is 19.3 Å². The van der Waals surface area contributed by atoms with Crippen molar-refractivity contribution >= 4 is 28.3 Å². The summed E-state index contributed by atoms with van der Waals surface area (Å²) in [6.07, 6.45) is 7.61. The third kappa shape index (κ3) is 3.46. The van der Waals surface area contributed by atoms with Crippen molar-refractivity contribution in [1.82, 2.24) is 4.98 Å². The van der Waals surface area contributed by atoms with Crippen LogP contribution in [0.2, 0.25) is 0 Å². The Bertz CT molecular complexity index is 780. The lowest BCUT2D eigenvalue weighted by atomic mass is 9.88. The zero-order valence-corrected chi connectivity index (χ0v) is 14.4. The summed E-state index contributed by atoms with van der Waals surface area (Å²) in [6.45, 7) is 1.96. The first-order valence-corrected chi connectivity index (χ1v) is 9.37. The van der Waals surface area contributed by atoms with Crippen LogP contribution in [0.4, 0.5) is 15.9 Å². The molecule has 2 aliphatic rings. The number of nitrogens with zero attached hydrogens (tertiary/aromatic N) is 2. The first-order valence-electron chi connectivity index (χ1n) is 9.37. The number of halogens is 1. The highest BCUT2D eigenvalue weighted by atomic mass is 19.1. The molecule has 132 valence electrons. The summed E-state index contributed by atoms with van der Waals surface area (Å²) < 4.78 is 14.6. The molecule has 0 unspecified atom stereocenters. The SMILES string of the molecule is O=C(Nc1cc(F)c2nc(N3CCCC3)ccc2c1)C1CCCCC1. The molecule has 1 aliphatic carbocycles. The zero-order valence-electron chi connectivity index (χ0n) is 14.4. The average Bonchev–Trinajstić information content (AvgIpc) is 3.17. The predicted molar refractivity (Wildman–Crippen MR) is 98.4 cm³/mol. The summed E-state index contributed by atoms with van der Waals surface area (Å²) in [5.41, 5.74) is 0.899. The van der Waals surface area contributed by atoms with E-state index in [0.29, 0.717) is 11.2 Å². The number of hydrogen-bond donors (Lipinski definition) is 1. The van der Waals surface area contributed by atoms with Crippen LogP contribution < -0.4 is 10.2 Å².